The molecule has 1 unspecified atom stereocenters. The summed E-state index contributed by atoms with van der Waals surface area (Å²) in [6.45, 7) is 3.55. The number of benzene rings is 2. The standard InChI is InChI=1S/C17H21ClN2/c1-13-10-15(18)8-9-16(13)17(11-19)20(2)12-14-6-4-3-5-7-14/h3-10,17H,11-12,19H2,1-2H3. The lowest BCUT2D eigenvalue weighted by Crippen LogP contribution is -2.30. The maximum absolute atomic E-state index is 6.03. The first kappa shape index (κ1) is 15.0. The SMILES string of the molecule is Cc1cc(Cl)ccc1C(CN)N(C)Cc1ccccc1. The van der Waals surface area contributed by atoms with E-state index < -0.39 is 0 Å². The van der Waals surface area contributed by atoms with Crippen molar-refractivity contribution in [2.45, 2.75) is 19.5 Å². The molecule has 0 aliphatic carbocycles. The summed E-state index contributed by atoms with van der Waals surface area (Å²) in [6, 6.07) is 16.6. The fourth-order valence-electron chi connectivity index (χ4n) is 2.54. The molecule has 0 saturated carbocycles. The lowest BCUT2D eigenvalue weighted by Gasteiger charge is -2.28. The predicted octanol–water partition coefficient (Wildman–Crippen LogP) is 3.78. The Morgan fingerprint density at radius 3 is 2.45 bits per heavy atom. The van der Waals surface area contributed by atoms with Crippen molar-refractivity contribution >= 4 is 11.6 Å². The van der Waals surface area contributed by atoms with E-state index in [0.717, 1.165) is 11.6 Å². The monoisotopic (exact) mass is 288 g/mol. The van der Waals surface area contributed by atoms with E-state index in [1.54, 1.807) is 0 Å². The van der Waals surface area contributed by atoms with E-state index in [1.165, 1.54) is 16.7 Å². The number of nitrogens with two attached hydrogens (primary N) is 1. The van der Waals surface area contributed by atoms with Crippen LogP contribution in [-0.4, -0.2) is 18.5 Å². The van der Waals surface area contributed by atoms with Crippen LogP contribution in [0.5, 0.6) is 0 Å². The smallest absolute Gasteiger partial charge is 0.0473 e. The van der Waals surface area contributed by atoms with Gasteiger partial charge in [-0.25, -0.2) is 0 Å². The number of halogens is 1. The van der Waals surface area contributed by atoms with E-state index in [9.17, 15) is 0 Å². The number of hydrogen-bond acceptors (Lipinski definition) is 2. The highest BCUT2D eigenvalue weighted by Crippen LogP contribution is 2.25. The van der Waals surface area contributed by atoms with Gasteiger partial charge in [-0.1, -0.05) is 48.0 Å². The van der Waals surface area contributed by atoms with Gasteiger partial charge in [0.1, 0.15) is 0 Å². The first-order chi connectivity index (χ1) is 9.61. The molecule has 106 valence electrons. The summed E-state index contributed by atoms with van der Waals surface area (Å²) < 4.78 is 0. The Bertz CT molecular complexity index is 554. The average Bonchev–Trinajstić information content (AvgIpc) is 2.43. The molecule has 2 aromatic rings. The van der Waals surface area contributed by atoms with Gasteiger partial charge < -0.3 is 5.73 Å². The molecule has 0 heterocycles. The van der Waals surface area contributed by atoms with Gasteiger partial charge in [0.2, 0.25) is 0 Å². The fraction of sp³-hybridized carbons (Fsp3) is 0.294. The normalized spacial score (nSPS) is 12.7. The van der Waals surface area contributed by atoms with Crippen molar-refractivity contribution in [1.82, 2.24) is 4.90 Å². The van der Waals surface area contributed by atoms with Gasteiger partial charge in [0.15, 0.2) is 0 Å². The zero-order valence-electron chi connectivity index (χ0n) is 12.0. The second-order valence-electron chi connectivity index (χ2n) is 5.15. The van der Waals surface area contributed by atoms with Crippen LogP contribution in [0.2, 0.25) is 5.02 Å². The summed E-state index contributed by atoms with van der Waals surface area (Å²) in [5, 5.41) is 0.771. The average molecular weight is 289 g/mol. The Labute approximate surface area is 126 Å². The molecule has 1 atom stereocenters. The van der Waals surface area contributed by atoms with Crippen LogP contribution in [-0.2, 0) is 6.54 Å². The number of nitrogens with zero attached hydrogens (tertiary/aromatic N) is 1. The van der Waals surface area contributed by atoms with Gasteiger partial charge in [-0.05, 0) is 42.8 Å². The van der Waals surface area contributed by atoms with E-state index in [2.05, 4.69) is 49.2 Å². The molecule has 0 aliphatic rings. The maximum atomic E-state index is 6.03. The number of hydrogen-bond donors (Lipinski definition) is 1. The number of likely N-dealkylation sites (N-methyl/N-ethyl adjacent to an activating group) is 1. The van der Waals surface area contributed by atoms with Crippen molar-refractivity contribution < 1.29 is 0 Å². The molecule has 2 aromatic carbocycles. The zero-order valence-corrected chi connectivity index (χ0v) is 12.8. The van der Waals surface area contributed by atoms with Crippen LogP contribution in [0.4, 0.5) is 0 Å². The highest BCUT2D eigenvalue weighted by molar-refractivity contribution is 6.30. The Kier molecular flexibility index (Phi) is 5.18. The van der Waals surface area contributed by atoms with Crippen molar-refractivity contribution in [1.29, 1.82) is 0 Å². The first-order valence-corrected chi connectivity index (χ1v) is 7.20. The molecule has 3 heteroatoms. The minimum absolute atomic E-state index is 0.201. The lowest BCUT2D eigenvalue weighted by atomic mass is 10.00. The van der Waals surface area contributed by atoms with E-state index in [0.29, 0.717) is 6.54 Å². The van der Waals surface area contributed by atoms with Crippen LogP contribution in [0.25, 0.3) is 0 Å². The van der Waals surface area contributed by atoms with E-state index in [-0.39, 0.29) is 6.04 Å². The number of aryl methyl sites for hydroxylation is 1. The van der Waals surface area contributed by atoms with Crippen LogP contribution in [0.3, 0.4) is 0 Å². The lowest BCUT2D eigenvalue weighted by molar-refractivity contribution is 0.241. The van der Waals surface area contributed by atoms with Crippen molar-refractivity contribution in [2.75, 3.05) is 13.6 Å². The maximum Gasteiger partial charge on any atom is 0.0473 e. The summed E-state index contributed by atoms with van der Waals surface area (Å²) >= 11 is 6.03. The van der Waals surface area contributed by atoms with E-state index in [4.69, 9.17) is 17.3 Å². The molecule has 0 fully saturated rings. The molecular formula is C17H21ClN2. The molecule has 0 aromatic heterocycles. The van der Waals surface area contributed by atoms with Gasteiger partial charge >= 0.3 is 0 Å². The number of rotatable bonds is 5. The van der Waals surface area contributed by atoms with Crippen molar-refractivity contribution in [2.24, 2.45) is 5.73 Å². The molecule has 0 radical (unpaired) electrons. The topological polar surface area (TPSA) is 29.3 Å². The van der Waals surface area contributed by atoms with Crippen LogP contribution in [0, 0.1) is 6.92 Å². The molecule has 2 rings (SSSR count). The highest BCUT2D eigenvalue weighted by Gasteiger charge is 2.17. The summed E-state index contributed by atoms with van der Waals surface area (Å²) in [5.41, 5.74) is 9.72. The molecule has 0 amide bonds. The predicted molar refractivity (Wildman–Crippen MR) is 85.9 cm³/mol. The van der Waals surface area contributed by atoms with Gasteiger partial charge in [-0.15, -0.1) is 0 Å². The van der Waals surface area contributed by atoms with Crippen LogP contribution < -0.4 is 5.73 Å². The van der Waals surface area contributed by atoms with Crippen LogP contribution in [0.15, 0.2) is 48.5 Å². The molecule has 2 nitrogen and oxygen atoms in total. The highest BCUT2D eigenvalue weighted by atomic mass is 35.5. The summed E-state index contributed by atoms with van der Waals surface area (Å²) in [6.07, 6.45) is 0. The van der Waals surface area contributed by atoms with Crippen molar-refractivity contribution in [3.05, 3.63) is 70.2 Å². The Balaban J connectivity index is 2.19. The first-order valence-electron chi connectivity index (χ1n) is 6.82. The molecule has 0 bridgehead atoms. The zero-order chi connectivity index (χ0) is 14.5. The second-order valence-corrected chi connectivity index (χ2v) is 5.59. The summed E-state index contributed by atoms with van der Waals surface area (Å²) in [4.78, 5) is 2.28. The van der Waals surface area contributed by atoms with Gasteiger partial charge in [-0.2, -0.15) is 0 Å². The van der Waals surface area contributed by atoms with Crippen LogP contribution in [0.1, 0.15) is 22.7 Å². The molecule has 0 spiro atoms. The summed E-state index contributed by atoms with van der Waals surface area (Å²) in [7, 11) is 2.11. The van der Waals surface area contributed by atoms with Crippen LogP contribution >= 0.6 is 11.6 Å². The molecule has 2 N–H and O–H groups in total. The van der Waals surface area contributed by atoms with Gasteiger partial charge in [0.05, 0.1) is 0 Å². The Hall–Kier alpha value is -1.35. The van der Waals surface area contributed by atoms with Crippen molar-refractivity contribution in [3.63, 3.8) is 0 Å². The molecule has 0 saturated heterocycles. The Morgan fingerprint density at radius 1 is 1.15 bits per heavy atom. The van der Waals surface area contributed by atoms with Gasteiger partial charge in [0.25, 0.3) is 0 Å². The Morgan fingerprint density at radius 2 is 1.85 bits per heavy atom. The molecule has 20 heavy (non-hydrogen) atoms. The quantitative estimate of drug-likeness (QED) is 0.907. The minimum atomic E-state index is 0.201. The molecular weight excluding hydrogens is 268 g/mol. The van der Waals surface area contributed by atoms with E-state index in [1.807, 2.05) is 18.2 Å². The minimum Gasteiger partial charge on any atom is -0.329 e. The van der Waals surface area contributed by atoms with Gasteiger partial charge in [0, 0.05) is 24.2 Å². The fourth-order valence-corrected chi connectivity index (χ4v) is 2.77. The molecule has 0 aliphatic heterocycles. The third-order valence-corrected chi connectivity index (χ3v) is 3.86. The summed E-state index contributed by atoms with van der Waals surface area (Å²) in [5.74, 6) is 0. The third kappa shape index (κ3) is 3.60. The second kappa shape index (κ2) is 6.89. The van der Waals surface area contributed by atoms with Crippen molar-refractivity contribution in [3.8, 4) is 0 Å². The largest absolute Gasteiger partial charge is 0.329 e. The van der Waals surface area contributed by atoms with Gasteiger partial charge in [-0.3, -0.25) is 4.90 Å². The third-order valence-electron chi connectivity index (χ3n) is 3.62. The van der Waals surface area contributed by atoms with E-state index >= 15 is 0 Å².